The second-order valence-corrected chi connectivity index (χ2v) is 7.32. The normalized spacial score (nSPS) is 11.1. The second-order valence-electron chi connectivity index (χ2n) is 6.48. The molecular formula is C23H17ClN2O3S. The van der Waals surface area contributed by atoms with Crippen LogP contribution in [0, 0.1) is 0 Å². The number of benzene rings is 3. The van der Waals surface area contributed by atoms with Crippen molar-refractivity contribution in [3.8, 4) is 5.75 Å². The van der Waals surface area contributed by atoms with E-state index in [1.165, 1.54) is 6.08 Å². The largest absolute Gasteiger partial charge is 0.495 e. The van der Waals surface area contributed by atoms with E-state index in [9.17, 15) is 4.79 Å². The molecule has 150 valence electrons. The number of para-hydroxylation sites is 1. The Balaban J connectivity index is 1.50. The molecule has 4 rings (SSSR count). The van der Waals surface area contributed by atoms with Crippen LogP contribution in [0.25, 0.3) is 28.0 Å². The van der Waals surface area contributed by atoms with Crippen LogP contribution in [-0.2, 0) is 4.79 Å². The summed E-state index contributed by atoms with van der Waals surface area (Å²) in [6.07, 6.45) is 3.08. The summed E-state index contributed by atoms with van der Waals surface area (Å²) in [5, 5.41) is 8.34. The SMILES string of the molecule is COc1cc2c(cc1NC(=S)NC(=O)/C=C/c1ccc(Cl)cc1)oc1ccccc12. The number of amides is 1. The van der Waals surface area contributed by atoms with Crippen molar-refractivity contribution in [3.63, 3.8) is 0 Å². The summed E-state index contributed by atoms with van der Waals surface area (Å²) >= 11 is 11.1. The fourth-order valence-electron chi connectivity index (χ4n) is 3.07. The van der Waals surface area contributed by atoms with Gasteiger partial charge in [0, 0.05) is 27.9 Å². The van der Waals surface area contributed by atoms with Crippen molar-refractivity contribution in [3.05, 3.63) is 77.3 Å². The van der Waals surface area contributed by atoms with E-state index in [-0.39, 0.29) is 11.0 Å². The number of carbonyl (C=O) groups is 1. The lowest BCUT2D eigenvalue weighted by atomic mass is 10.1. The van der Waals surface area contributed by atoms with Gasteiger partial charge in [0.05, 0.1) is 12.8 Å². The third-order valence-corrected chi connectivity index (χ3v) is 4.94. The maximum Gasteiger partial charge on any atom is 0.250 e. The van der Waals surface area contributed by atoms with Gasteiger partial charge in [0.1, 0.15) is 16.9 Å². The maximum atomic E-state index is 12.2. The molecule has 0 saturated heterocycles. The highest BCUT2D eigenvalue weighted by Gasteiger charge is 2.13. The average molecular weight is 437 g/mol. The van der Waals surface area contributed by atoms with Crippen LogP contribution in [0.1, 0.15) is 5.56 Å². The van der Waals surface area contributed by atoms with Crippen LogP contribution in [-0.4, -0.2) is 18.1 Å². The lowest BCUT2D eigenvalue weighted by Crippen LogP contribution is -2.32. The first-order chi connectivity index (χ1) is 14.5. The van der Waals surface area contributed by atoms with Crippen LogP contribution in [0.3, 0.4) is 0 Å². The quantitative estimate of drug-likeness (QED) is 0.314. The highest BCUT2D eigenvalue weighted by molar-refractivity contribution is 7.80. The third kappa shape index (κ3) is 4.30. The van der Waals surface area contributed by atoms with E-state index in [2.05, 4.69) is 10.6 Å². The molecule has 3 aromatic carbocycles. The molecule has 0 aliphatic rings. The lowest BCUT2D eigenvalue weighted by molar-refractivity contribution is -0.115. The van der Waals surface area contributed by atoms with Gasteiger partial charge in [-0.2, -0.15) is 0 Å². The molecule has 30 heavy (non-hydrogen) atoms. The smallest absolute Gasteiger partial charge is 0.250 e. The zero-order valence-corrected chi connectivity index (χ0v) is 17.5. The summed E-state index contributed by atoms with van der Waals surface area (Å²) in [4.78, 5) is 12.2. The first-order valence-electron chi connectivity index (χ1n) is 9.08. The van der Waals surface area contributed by atoms with E-state index in [1.807, 2.05) is 42.5 Å². The van der Waals surface area contributed by atoms with Crippen molar-refractivity contribution in [2.45, 2.75) is 0 Å². The number of fused-ring (bicyclic) bond motifs is 3. The summed E-state index contributed by atoms with van der Waals surface area (Å²) in [5.41, 5.74) is 2.92. The molecule has 0 unspecified atom stereocenters. The minimum atomic E-state index is -0.355. The van der Waals surface area contributed by atoms with Crippen LogP contribution in [0.4, 0.5) is 5.69 Å². The van der Waals surface area contributed by atoms with Crippen LogP contribution in [0.15, 0.2) is 71.2 Å². The Hall–Kier alpha value is -3.35. The van der Waals surface area contributed by atoms with Crippen LogP contribution < -0.4 is 15.4 Å². The minimum Gasteiger partial charge on any atom is -0.495 e. The van der Waals surface area contributed by atoms with Gasteiger partial charge < -0.3 is 14.5 Å². The van der Waals surface area contributed by atoms with Gasteiger partial charge in [-0.3, -0.25) is 10.1 Å². The number of rotatable bonds is 4. The van der Waals surface area contributed by atoms with Crippen LogP contribution in [0.5, 0.6) is 5.75 Å². The molecule has 5 nitrogen and oxygen atoms in total. The van der Waals surface area contributed by atoms with Gasteiger partial charge in [-0.15, -0.1) is 0 Å². The first-order valence-corrected chi connectivity index (χ1v) is 9.87. The average Bonchev–Trinajstić information content (AvgIpc) is 3.10. The van der Waals surface area contributed by atoms with Gasteiger partial charge in [-0.05, 0) is 48.1 Å². The van der Waals surface area contributed by atoms with Gasteiger partial charge in [0.2, 0.25) is 5.91 Å². The molecule has 0 aliphatic carbocycles. The van der Waals surface area contributed by atoms with E-state index < -0.39 is 0 Å². The molecule has 1 heterocycles. The van der Waals surface area contributed by atoms with Gasteiger partial charge >= 0.3 is 0 Å². The number of furan rings is 1. The van der Waals surface area contributed by atoms with Crippen LogP contribution in [0.2, 0.25) is 5.02 Å². The van der Waals surface area contributed by atoms with Crippen LogP contribution >= 0.6 is 23.8 Å². The molecule has 7 heteroatoms. The summed E-state index contributed by atoms with van der Waals surface area (Å²) in [7, 11) is 1.57. The summed E-state index contributed by atoms with van der Waals surface area (Å²) < 4.78 is 11.4. The Morgan fingerprint density at radius 1 is 1.07 bits per heavy atom. The summed E-state index contributed by atoms with van der Waals surface area (Å²) in [6.45, 7) is 0. The monoisotopic (exact) mass is 436 g/mol. The highest BCUT2D eigenvalue weighted by Crippen LogP contribution is 2.36. The second kappa shape index (κ2) is 8.57. The molecular weight excluding hydrogens is 420 g/mol. The zero-order chi connectivity index (χ0) is 21.1. The molecule has 1 aromatic heterocycles. The Morgan fingerprint density at radius 3 is 2.60 bits per heavy atom. The van der Waals surface area contributed by atoms with Crippen molar-refractivity contribution in [1.82, 2.24) is 5.32 Å². The third-order valence-electron chi connectivity index (χ3n) is 4.48. The number of thiocarbonyl (C=S) groups is 1. The molecule has 0 spiro atoms. The van der Waals surface area contributed by atoms with Crippen molar-refractivity contribution in [1.29, 1.82) is 0 Å². The zero-order valence-electron chi connectivity index (χ0n) is 15.9. The van der Waals surface area contributed by atoms with Gasteiger partial charge in [0.25, 0.3) is 0 Å². The number of anilines is 1. The fraction of sp³-hybridized carbons (Fsp3) is 0.0435. The summed E-state index contributed by atoms with van der Waals surface area (Å²) in [6, 6.07) is 18.6. The number of carbonyl (C=O) groups excluding carboxylic acids is 1. The standard InChI is InChI=1S/C23H17ClN2O3S/c1-28-21-12-17-16-4-2-3-5-19(16)29-20(17)13-18(21)25-23(30)26-22(27)11-8-14-6-9-15(24)10-7-14/h2-13H,1H3,(H2,25,26,27,30)/b11-8+. The van der Waals surface area contributed by atoms with E-state index in [0.717, 1.165) is 21.9 Å². The van der Waals surface area contributed by atoms with Crippen molar-refractivity contribution < 1.29 is 13.9 Å². The Bertz CT molecular complexity index is 1280. The maximum absolute atomic E-state index is 12.2. The topological polar surface area (TPSA) is 63.5 Å². The Morgan fingerprint density at radius 2 is 1.83 bits per heavy atom. The predicted molar refractivity (Wildman–Crippen MR) is 125 cm³/mol. The van der Waals surface area contributed by atoms with Gasteiger partial charge in [-0.25, -0.2) is 0 Å². The number of nitrogens with one attached hydrogen (secondary N) is 2. The van der Waals surface area contributed by atoms with E-state index in [0.29, 0.717) is 22.0 Å². The Labute approximate surface area is 183 Å². The van der Waals surface area contributed by atoms with Crippen molar-refractivity contribution in [2.75, 3.05) is 12.4 Å². The molecule has 0 saturated carbocycles. The molecule has 0 radical (unpaired) electrons. The van der Waals surface area contributed by atoms with Crippen molar-refractivity contribution >= 4 is 68.5 Å². The highest BCUT2D eigenvalue weighted by atomic mass is 35.5. The minimum absolute atomic E-state index is 0.148. The molecule has 0 fully saturated rings. The molecule has 0 aliphatic heterocycles. The van der Waals surface area contributed by atoms with Crippen molar-refractivity contribution in [2.24, 2.45) is 0 Å². The molecule has 0 atom stereocenters. The molecule has 0 bridgehead atoms. The number of hydrogen-bond donors (Lipinski definition) is 2. The lowest BCUT2D eigenvalue weighted by Gasteiger charge is -2.12. The molecule has 1 amide bonds. The number of methoxy groups -OCH3 is 1. The van der Waals surface area contributed by atoms with Gasteiger partial charge in [0.15, 0.2) is 5.11 Å². The van der Waals surface area contributed by atoms with E-state index in [4.69, 9.17) is 33.0 Å². The molecule has 4 aromatic rings. The Kier molecular flexibility index (Phi) is 5.70. The number of hydrogen-bond acceptors (Lipinski definition) is 4. The van der Waals surface area contributed by atoms with Gasteiger partial charge in [-0.1, -0.05) is 41.9 Å². The molecule has 2 N–H and O–H groups in total. The van der Waals surface area contributed by atoms with E-state index in [1.54, 1.807) is 31.4 Å². The summed E-state index contributed by atoms with van der Waals surface area (Å²) in [5.74, 6) is 0.230. The number of ether oxygens (including phenoxy) is 1. The first kappa shape index (κ1) is 19.9. The predicted octanol–water partition coefficient (Wildman–Crippen LogP) is 5.77. The fourth-order valence-corrected chi connectivity index (χ4v) is 3.41. The van der Waals surface area contributed by atoms with E-state index >= 15 is 0 Å². The number of halogens is 1.